The molecule has 2 amide bonds. The van der Waals surface area contributed by atoms with Crippen LogP contribution in [0.25, 0.3) is 0 Å². The first kappa shape index (κ1) is 18.8. The molecule has 0 unspecified atom stereocenters. The summed E-state index contributed by atoms with van der Waals surface area (Å²) in [6.45, 7) is 4.62. The third-order valence-corrected chi connectivity index (χ3v) is 5.05. The molecule has 0 aliphatic heterocycles. The molecule has 140 valence electrons. The maximum atomic E-state index is 12.4. The van der Waals surface area contributed by atoms with Gasteiger partial charge in [0.05, 0.1) is 12.6 Å². The zero-order valence-corrected chi connectivity index (χ0v) is 16.1. The van der Waals surface area contributed by atoms with E-state index in [1.54, 1.807) is 28.3 Å². The van der Waals surface area contributed by atoms with Crippen LogP contribution >= 0.6 is 11.3 Å². The molecule has 0 radical (unpaired) electrons. The molecule has 1 aromatic carbocycles. The Kier molecular flexibility index (Phi) is 6.03. The first-order valence-corrected chi connectivity index (χ1v) is 9.62. The molecule has 0 bridgehead atoms. The molecular weight excluding hydrogens is 360 g/mol. The summed E-state index contributed by atoms with van der Waals surface area (Å²) < 4.78 is 1.79. The predicted molar refractivity (Wildman–Crippen MR) is 106 cm³/mol. The largest absolute Gasteiger partial charge is 0.340 e. The lowest BCUT2D eigenvalue weighted by Gasteiger charge is -2.20. The number of nitrogens with one attached hydrogen (secondary N) is 2. The van der Waals surface area contributed by atoms with E-state index in [2.05, 4.69) is 15.7 Å². The van der Waals surface area contributed by atoms with E-state index >= 15 is 0 Å². The standard InChI is InChI=1S/C20H22N4O2S/c1-14(2)18(17-8-4-11-27-17)23-20(26)19(25)22-16-7-3-6-15(12-16)13-24-10-5-9-21-24/h3-12,14,18H,13H2,1-2H3,(H,22,25)(H,23,26)/t18-/m0/s1. The van der Waals surface area contributed by atoms with Crippen molar-refractivity contribution < 1.29 is 9.59 Å². The van der Waals surface area contributed by atoms with Crippen molar-refractivity contribution in [1.82, 2.24) is 15.1 Å². The van der Waals surface area contributed by atoms with Crippen molar-refractivity contribution in [3.8, 4) is 0 Å². The Morgan fingerprint density at radius 3 is 2.67 bits per heavy atom. The van der Waals surface area contributed by atoms with Crippen LogP contribution in [-0.2, 0) is 16.1 Å². The predicted octanol–water partition coefficient (Wildman–Crippen LogP) is 3.44. The lowest BCUT2D eigenvalue weighted by Crippen LogP contribution is -2.39. The van der Waals surface area contributed by atoms with Gasteiger partial charge in [-0.25, -0.2) is 0 Å². The molecule has 3 rings (SSSR count). The monoisotopic (exact) mass is 382 g/mol. The summed E-state index contributed by atoms with van der Waals surface area (Å²) in [5, 5.41) is 11.6. The highest BCUT2D eigenvalue weighted by molar-refractivity contribution is 7.10. The maximum absolute atomic E-state index is 12.4. The minimum atomic E-state index is -0.673. The van der Waals surface area contributed by atoms with Crippen LogP contribution in [0, 0.1) is 5.92 Å². The Bertz CT molecular complexity index is 889. The van der Waals surface area contributed by atoms with Crippen LogP contribution in [0.5, 0.6) is 0 Å². The van der Waals surface area contributed by atoms with Crippen molar-refractivity contribution in [3.05, 3.63) is 70.7 Å². The van der Waals surface area contributed by atoms with Gasteiger partial charge in [-0.3, -0.25) is 14.3 Å². The van der Waals surface area contributed by atoms with E-state index in [1.165, 1.54) is 0 Å². The van der Waals surface area contributed by atoms with Crippen LogP contribution in [-0.4, -0.2) is 21.6 Å². The Labute approximate surface area is 162 Å². The van der Waals surface area contributed by atoms with Crippen molar-refractivity contribution in [3.63, 3.8) is 0 Å². The number of nitrogens with zero attached hydrogens (tertiary/aromatic N) is 2. The number of aromatic nitrogens is 2. The maximum Gasteiger partial charge on any atom is 0.313 e. The first-order chi connectivity index (χ1) is 13.0. The summed E-state index contributed by atoms with van der Waals surface area (Å²) >= 11 is 1.57. The number of anilines is 1. The van der Waals surface area contributed by atoms with Gasteiger partial charge in [-0.1, -0.05) is 32.0 Å². The minimum Gasteiger partial charge on any atom is -0.340 e. The van der Waals surface area contributed by atoms with Crippen LogP contribution in [0.4, 0.5) is 5.69 Å². The molecule has 27 heavy (non-hydrogen) atoms. The molecule has 1 atom stereocenters. The van der Waals surface area contributed by atoms with Crippen LogP contribution in [0.3, 0.4) is 0 Å². The Hall–Kier alpha value is -2.93. The van der Waals surface area contributed by atoms with Gasteiger partial charge >= 0.3 is 11.8 Å². The zero-order chi connectivity index (χ0) is 19.2. The molecule has 2 heterocycles. The summed E-state index contributed by atoms with van der Waals surface area (Å²) in [5.74, 6) is -1.13. The summed E-state index contributed by atoms with van der Waals surface area (Å²) in [5.41, 5.74) is 1.56. The van der Waals surface area contributed by atoms with E-state index in [4.69, 9.17) is 0 Å². The summed E-state index contributed by atoms with van der Waals surface area (Å²) in [6.07, 6.45) is 3.59. The molecule has 0 fully saturated rings. The summed E-state index contributed by atoms with van der Waals surface area (Å²) in [7, 11) is 0. The normalized spacial score (nSPS) is 12.0. The Morgan fingerprint density at radius 1 is 1.15 bits per heavy atom. The number of rotatable bonds is 6. The number of amides is 2. The van der Waals surface area contributed by atoms with Gasteiger partial charge in [0, 0.05) is 23.0 Å². The zero-order valence-electron chi connectivity index (χ0n) is 15.3. The van der Waals surface area contributed by atoms with E-state index in [0.717, 1.165) is 10.4 Å². The third kappa shape index (κ3) is 5.04. The fourth-order valence-electron chi connectivity index (χ4n) is 2.76. The van der Waals surface area contributed by atoms with Gasteiger partial charge in [0.25, 0.3) is 0 Å². The quantitative estimate of drug-likeness (QED) is 0.641. The second kappa shape index (κ2) is 8.64. The first-order valence-electron chi connectivity index (χ1n) is 8.74. The molecule has 0 saturated carbocycles. The molecule has 2 N–H and O–H groups in total. The summed E-state index contributed by atoms with van der Waals surface area (Å²) in [6, 6.07) is 13.0. The van der Waals surface area contributed by atoms with Gasteiger partial charge in [-0.05, 0) is 41.1 Å². The summed E-state index contributed by atoms with van der Waals surface area (Å²) in [4.78, 5) is 25.7. The lowest BCUT2D eigenvalue weighted by molar-refractivity contribution is -0.136. The Balaban J connectivity index is 1.63. The van der Waals surface area contributed by atoms with Crippen LogP contribution < -0.4 is 10.6 Å². The van der Waals surface area contributed by atoms with E-state index in [9.17, 15) is 9.59 Å². The fourth-order valence-corrected chi connectivity index (χ4v) is 3.71. The molecule has 0 aliphatic rings. The van der Waals surface area contributed by atoms with E-state index in [1.807, 2.05) is 61.8 Å². The molecular formula is C20H22N4O2S. The molecule has 0 aliphatic carbocycles. The van der Waals surface area contributed by atoms with Gasteiger partial charge in [0.2, 0.25) is 0 Å². The van der Waals surface area contributed by atoms with E-state index in [-0.39, 0.29) is 12.0 Å². The topological polar surface area (TPSA) is 76.0 Å². The molecule has 2 aromatic heterocycles. The number of carbonyl (C=O) groups is 2. The number of hydrogen-bond acceptors (Lipinski definition) is 4. The smallest absolute Gasteiger partial charge is 0.313 e. The SMILES string of the molecule is CC(C)[C@H](NC(=O)C(=O)Nc1cccc(Cn2cccn2)c1)c1cccs1. The van der Waals surface area contributed by atoms with Crippen molar-refractivity contribution in [2.75, 3.05) is 5.32 Å². The second-order valence-electron chi connectivity index (χ2n) is 6.57. The van der Waals surface area contributed by atoms with Crippen molar-refractivity contribution in [1.29, 1.82) is 0 Å². The third-order valence-electron chi connectivity index (χ3n) is 4.10. The van der Waals surface area contributed by atoms with Gasteiger partial charge in [0.15, 0.2) is 0 Å². The minimum absolute atomic E-state index is 0.179. The molecule has 6 nitrogen and oxygen atoms in total. The highest BCUT2D eigenvalue weighted by Gasteiger charge is 2.23. The fraction of sp³-hybridized carbons (Fsp3) is 0.250. The number of carbonyl (C=O) groups excluding carboxylic acids is 2. The van der Waals surface area contributed by atoms with Gasteiger partial charge in [-0.15, -0.1) is 11.3 Å². The van der Waals surface area contributed by atoms with Crippen LogP contribution in [0.15, 0.2) is 60.2 Å². The molecule has 3 aromatic rings. The van der Waals surface area contributed by atoms with Crippen LogP contribution in [0.1, 0.15) is 30.3 Å². The number of hydrogen-bond donors (Lipinski definition) is 2. The molecule has 0 saturated heterocycles. The van der Waals surface area contributed by atoms with Crippen molar-refractivity contribution >= 4 is 28.8 Å². The van der Waals surface area contributed by atoms with Gasteiger partial charge < -0.3 is 10.6 Å². The lowest BCUT2D eigenvalue weighted by atomic mass is 10.0. The van der Waals surface area contributed by atoms with Crippen molar-refractivity contribution in [2.45, 2.75) is 26.4 Å². The van der Waals surface area contributed by atoms with E-state index in [0.29, 0.717) is 12.2 Å². The van der Waals surface area contributed by atoms with E-state index < -0.39 is 11.8 Å². The molecule has 0 spiro atoms. The molecule has 7 heteroatoms. The highest BCUT2D eigenvalue weighted by Crippen LogP contribution is 2.25. The van der Waals surface area contributed by atoms with Crippen molar-refractivity contribution in [2.24, 2.45) is 5.92 Å². The number of thiophene rings is 1. The number of benzene rings is 1. The van der Waals surface area contributed by atoms with Crippen LogP contribution in [0.2, 0.25) is 0 Å². The second-order valence-corrected chi connectivity index (χ2v) is 7.55. The van der Waals surface area contributed by atoms with Gasteiger partial charge in [0.1, 0.15) is 0 Å². The average molecular weight is 382 g/mol. The average Bonchev–Trinajstić information content (AvgIpc) is 3.33. The van der Waals surface area contributed by atoms with Gasteiger partial charge in [-0.2, -0.15) is 5.10 Å². The highest BCUT2D eigenvalue weighted by atomic mass is 32.1. The Morgan fingerprint density at radius 2 is 2.00 bits per heavy atom.